The molecule has 0 spiro atoms. The number of hydrogen-bond donors (Lipinski definition) is 2. The fourth-order valence-electron chi connectivity index (χ4n) is 3.88. The molecule has 2 N–H and O–H groups in total. The van der Waals surface area contributed by atoms with Crippen LogP contribution in [0.3, 0.4) is 0 Å². The Hall–Kier alpha value is -5.12. The molecular weight excluding hydrogens is 498 g/mol. The summed E-state index contributed by atoms with van der Waals surface area (Å²) in [6.07, 6.45) is 0. The average molecular weight is 528 g/mol. The van der Waals surface area contributed by atoms with Crippen LogP contribution in [0.15, 0.2) is 88.8 Å². The Morgan fingerprint density at radius 1 is 0.923 bits per heavy atom. The van der Waals surface area contributed by atoms with Gasteiger partial charge in [0, 0.05) is 12.6 Å². The van der Waals surface area contributed by atoms with Crippen LogP contribution in [-0.2, 0) is 23.2 Å². The third-order valence-electron chi connectivity index (χ3n) is 6.14. The highest BCUT2D eigenvalue weighted by molar-refractivity contribution is 6.39. The first kappa shape index (κ1) is 26.9. The number of para-hydroxylation sites is 1. The van der Waals surface area contributed by atoms with Crippen LogP contribution < -0.4 is 25.8 Å². The van der Waals surface area contributed by atoms with Crippen molar-refractivity contribution in [2.24, 2.45) is 12.1 Å². The maximum atomic E-state index is 13.0. The molecule has 0 saturated carbocycles. The van der Waals surface area contributed by atoms with Gasteiger partial charge in [-0.25, -0.2) is 10.1 Å². The Morgan fingerprint density at radius 3 is 2.26 bits per heavy atom. The smallest absolute Gasteiger partial charge is 0.329 e. The lowest BCUT2D eigenvalue weighted by atomic mass is 10.1. The summed E-state index contributed by atoms with van der Waals surface area (Å²) in [5.41, 5.74) is 5.03. The number of aromatic nitrogens is 2. The fourth-order valence-corrected chi connectivity index (χ4v) is 3.88. The van der Waals surface area contributed by atoms with Gasteiger partial charge in [0.1, 0.15) is 12.3 Å². The molecule has 39 heavy (non-hydrogen) atoms. The van der Waals surface area contributed by atoms with Crippen molar-refractivity contribution in [3.05, 3.63) is 106 Å². The number of nitrogens with zero attached hydrogens (tertiary/aromatic N) is 3. The largest absolute Gasteiger partial charge is 0.493 e. The first-order valence-corrected chi connectivity index (χ1v) is 12.1. The van der Waals surface area contributed by atoms with Crippen LogP contribution in [0.1, 0.15) is 23.7 Å². The van der Waals surface area contributed by atoms with Crippen molar-refractivity contribution >= 4 is 23.2 Å². The fraction of sp³-hybridized carbons (Fsp3) is 0.172. The highest BCUT2D eigenvalue weighted by atomic mass is 16.5. The molecule has 200 valence electrons. The van der Waals surface area contributed by atoms with E-state index in [2.05, 4.69) is 15.8 Å². The molecule has 0 atom stereocenters. The topological polar surface area (TPSA) is 116 Å². The van der Waals surface area contributed by atoms with E-state index in [0.29, 0.717) is 40.8 Å². The summed E-state index contributed by atoms with van der Waals surface area (Å²) in [5.74, 6) is -0.977. The van der Waals surface area contributed by atoms with E-state index >= 15 is 0 Å². The number of rotatable bonds is 8. The summed E-state index contributed by atoms with van der Waals surface area (Å²) in [6.45, 7) is 3.74. The van der Waals surface area contributed by atoms with E-state index in [1.807, 2.05) is 36.4 Å². The number of amides is 2. The Bertz CT molecular complexity index is 1570. The summed E-state index contributed by atoms with van der Waals surface area (Å²) in [4.78, 5) is 38.0. The second-order valence-electron chi connectivity index (χ2n) is 8.67. The predicted molar refractivity (Wildman–Crippen MR) is 148 cm³/mol. The molecule has 0 bridgehead atoms. The number of hydrazone groups is 1. The Morgan fingerprint density at radius 2 is 1.59 bits per heavy atom. The number of hydrogen-bond acceptors (Lipinski definition) is 6. The standard InChI is InChI=1S/C29H29N5O5/c1-19(22-15-16-24(25(17-22)38-4)39-18-21-11-7-5-8-12-21)31-32-28(36)27(35)30-26-20(2)33(3)34(29(26)37)23-13-9-6-10-14-23/h5-17H,18H2,1-4H3,(H,30,35)(H,32,36)/b31-19+. The molecule has 2 amide bonds. The Balaban J connectivity index is 1.43. The molecule has 0 saturated heterocycles. The zero-order chi connectivity index (χ0) is 27.9. The van der Waals surface area contributed by atoms with Gasteiger partial charge in [-0.2, -0.15) is 5.10 Å². The maximum absolute atomic E-state index is 13.0. The van der Waals surface area contributed by atoms with E-state index in [9.17, 15) is 14.4 Å². The van der Waals surface area contributed by atoms with E-state index < -0.39 is 17.4 Å². The lowest BCUT2D eigenvalue weighted by Gasteiger charge is -2.12. The molecule has 0 fully saturated rings. The molecule has 0 unspecified atom stereocenters. The highest BCUT2D eigenvalue weighted by Gasteiger charge is 2.21. The zero-order valence-electron chi connectivity index (χ0n) is 22.1. The molecule has 1 aromatic heterocycles. The van der Waals surface area contributed by atoms with Crippen LogP contribution in [0.2, 0.25) is 0 Å². The van der Waals surface area contributed by atoms with Crippen molar-refractivity contribution in [1.29, 1.82) is 0 Å². The van der Waals surface area contributed by atoms with Crippen molar-refractivity contribution in [2.45, 2.75) is 20.5 Å². The SMILES string of the molecule is COc1cc(/C(C)=N/NC(=O)C(=O)Nc2c(C)n(C)n(-c3ccccc3)c2=O)ccc1OCc1ccccc1. The molecule has 0 aliphatic rings. The minimum absolute atomic E-state index is 0.0121. The summed E-state index contributed by atoms with van der Waals surface area (Å²) in [5, 5.41) is 6.46. The van der Waals surface area contributed by atoms with Gasteiger partial charge in [0.2, 0.25) is 0 Å². The number of carbonyl (C=O) groups excluding carboxylic acids is 2. The number of anilines is 1. The lowest BCUT2D eigenvalue weighted by molar-refractivity contribution is -0.136. The number of methoxy groups -OCH3 is 1. The molecule has 10 nitrogen and oxygen atoms in total. The van der Waals surface area contributed by atoms with Gasteiger partial charge in [-0.1, -0.05) is 48.5 Å². The third kappa shape index (κ3) is 6.07. The molecule has 3 aromatic carbocycles. The number of ether oxygens (including phenoxy) is 2. The minimum atomic E-state index is -1.02. The van der Waals surface area contributed by atoms with Crippen molar-refractivity contribution < 1.29 is 19.1 Å². The van der Waals surface area contributed by atoms with E-state index in [-0.39, 0.29) is 5.69 Å². The number of carbonyl (C=O) groups is 2. The van der Waals surface area contributed by atoms with Crippen LogP contribution in [0.25, 0.3) is 5.69 Å². The van der Waals surface area contributed by atoms with Gasteiger partial charge >= 0.3 is 11.8 Å². The second kappa shape index (κ2) is 12.0. The molecule has 10 heteroatoms. The molecule has 0 aliphatic heterocycles. The lowest BCUT2D eigenvalue weighted by Crippen LogP contribution is -2.34. The van der Waals surface area contributed by atoms with Gasteiger partial charge in [-0.15, -0.1) is 0 Å². The number of benzene rings is 3. The Labute approximate surface area is 225 Å². The van der Waals surface area contributed by atoms with E-state index in [0.717, 1.165) is 5.56 Å². The van der Waals surface area contributed by atoms with Crippen LogP contribution in [0.4, 0.5) is 5.69 Å². The number of nitrogens with one attached hydrogen (secondary N) is 2. The van der Waals surface area contributed by atoms with Gasteiger partial charge in [-0.05, 0) is 49.7 Å². The molecular formula is C29H29N5O5. The predicted octanol–water partition coefficient (Wildman–Crippen LogP) is 3.55. The molecule has 4 rings (SSSR count). The molecule has 0 radical (unpaired) electrons. The molecule has 0 aliphatic carbocycles. The second-order valence-corrected chi connectivity index (χ2v) is 8.67. The van der Waals surface area contributed by atoms with Gasteiger partial charge in [0.05, 0.1) is 24.2 Å². The van der Waals surface area contributed by atoms with Gasteiger partial charge in [-0.3, -0.25) is 19.1 Å². The van der Waals surface area contributed by atoms with Gasteiger partial charge in [0.15, 0.2) is 11.5 Å². The first-order valence-electron chi connectivity index (χ1n) is 12.1. The molecule has 4 aromatic rings. The quantitative estimate of drug-likeness (QED) is 0.207. The minimum Gasteiger partial charge on any atom is -0.493 e. The molecule has 1 heterocycles. The van der Waals surface area contributed by atoms with Crippen molar-refractivity contribution in [1.82, 2.24) is 14.8 Å². The summed E-state index contributed by atoms with van der Waals surface area (Å²) in [7, 11) is 3.23. The van der Waals surface area contributed by atoms with Crippen LogP contribution in [-0.4, -0.2) is 34.0 Å². The summed E-state index contributed by atoms with van der Waals surface area (Å²) >= 11 is 0. The Kier molecular flexibility index (Phi) is 8.25. The van der Waals surface area contributed by atoms with Gasteiger partial charge in [0.25, 0.3) is 5.56 Å². The van der Waals surface area contributed by atoms with Crippen LogP contribution in [0.5, 0.6) is 11.5 Å². The van der Waals surface area contributed by atoms with Crippen molar-refractivity contribution in [3.63, 3.8) is 0 Å². The highest BCUT2D eigenvalue weighted by Crippen LogP contribution is 2.29. The van der Waals surface area contributed by atoms with Crippen molar-refractivity contribution in [3.8, 4) is 17.2 Å². The van der Waals surface area contributed by atoms with E-state index in [1.165, 1.54) is 11.8 Å². The zero-order valence-corrected chi connectivity index (χ0v) is 22.1. The normalized spacial score (nSPS) is 11.1. The average Bonchev–Trinajstić information content (AvgIpc) is 3.18. The third-order valence-corrected chi connectivity index (χ3v) is 6.14. The van der Waals surface area contributed by atoms with Crippen LogP contribution >= 0.6 is 0 Å². The summed E-state index contributed by atoms with van der Waals surface area (Å²) in [6, 6.07) is 24.0. The van der Waals surface area contributed by atoms with E-state index in [1.54, 1.807) is 68.0 Å². The van der Waals surface area contributed by atoms with E-state index in [4.69, 9.17) is 9.47 Å². The monoisotopic (exact) mass is 527 g/mol. The van der Waals surface area contributed by atoms with Crippen molar-refractivity contribution in [2.75, 3.05) is 12.4 Å². The maximum Gasteiger partial charge on any atom is 0.329 e. The first-order chi connectivity index (χ1) is 18.8. The van der Waals surface area contributed by atoms with Crippen LogP contribution in [0, 0.1) is 6.92 Å². The summed E-state index contributed by atoms with van der Waals surface area (Å²) < 4.78 is 14.3. The van der Waals surface area contributed by atoms with Gasteiger partial charge < -0.3 is 14.8 Å².